The molecule has 0 saturated heterocycles. The topological polar surface area (TPSA) is 84.9 Å². The highest BCUT2D eigenvalue weighted by Gasteiger charge is 2.25. The van der Waals surface area contributed by atoms with Crippen molar-refractivity contribution in [2.24, 2.45) is 0 Å². The molecule has 1 aliphatic heterocycles. The summed E-state index contributed by atoms with van der Waals surface area (Å²) in [4.78, 5) is 12.1. The van der Waals surface area contributed by atoms with Gasteiger partial charge in [-0.1, -0.05) is 6.92 Å². The highest BCUT2D eigenvalue weighted by Crippen LogP contribution is 2.34. The monoisotopic (exact) mass is 328 g/mol. The first kappa shape index (κ1) is 16.6. The number of hydrogen-bond acceptors (Lipinski definition) is 5. The number of rotatable bonds is 6. The molecule has 0 aromatic heterocycles. The molecule has 0 spiro atoms. The van der Waals surface area contributed by atoms with Crippen LogP contribution in [0.25, 0.3) is 0 Å². The van der Waals surface area contributed by atoms with Crippen molar-refractivity contribution >= 4 is 21.6 Å². The minimum absolute atomic E-state index is 0.155. The smallest absolute Gasteiger partial charge is 0.239 e. The molecule has 2 rings (SSSR count). The summed E-state index contributed by atoms with van der Waals surface area (Å²) in [6.45, 7) is 3.58. The number of carbonyl (C=O) groups excluding carboxylic acids is 1. The number of nitrogens with one attached hydrogen (secondary N) is 1. The van der Waals surface area contributed by atoms with Crippen LogP contribution in [-0.2, 0) is 14.8 Å². The van der Waals surface area contributed by atoms with E-state index in [4.69, 9.17) is 9.47 Å². The zero-order chi connectivity index (χ0) is 16.3. The van der Waals surface area contributed by atoms with Crippen LogP contribution in [0.4, 0.5) is 5.69 Å². The maximum absolute atomic E-state index is 12.1. The molecule has 0 saturated carbocycles. The van der Waals surface area contributed by atoms with Gasteiger partial charge in [-0.15, -0.1) is 0 Å². The van der Waals surface area contributed by atoms with E-state index in [1.807, 2.05) is 6.92 Å². The third-order valence-electron chi connectivity index (χ3n) is 3.46. The Hall–Kier alpha value is -1.80. The molecule has 122 valence electrons. The van der Waals surface area contributed by atoms with Crippen molar-refractivity contribution < 1.29 is 22.7 Å². The van der Waals surface area contributed by atoms with Crippen LogP contribution >= 0.6 is 0 Å². The normalized spacial score (nSPS) is 14.9. The van der Waals surface area contributed by atoms with E-state index in [2.05, 4.69) is 5.32 Å². The van der Waals surface area contributed by atoms with Gasteiger partial charge in [0.1, 0.15) is 0 Å². The molecular weight excluding hydrogens is 308 g/mol. The number of hydrogen-bond donors (Lipinski definition) is 1. The average molecular weight is 328 g/mol. The molecule has 7 nitrogen and oxygen atoms in total. The molecule has 1 aromatic carbocycles. The molecular formula is C14H20N2O5S. The molecule has 0 fully saturated rings. The van der Waals surface area contributed by atoms with Crippen LogP contribution in [0.1, 0.15) is 20.3 Å². The highest BCUT2D eigenvalue weighted by molar-refractivity contribution is 7.88. The molecule has 8 heteroatoms. The Morgan fingerprint density at radius 2 is 2.05 bits per heavy atom. The van der Waals surface area contributed by atoms with Gasteiger partial charge in [0.15, 0.2) is 11.5 Å². The summed E-state index contributed by atoms with van der Waals surface area (Å²) in [7, 11) is -3.45. The van der Waals surface area contributed by atoms with E-state index in [0.717, 1.165) is 6.26 Å². The van der Waals surface area contributed by atoms with Crippen LogP contribution in [-0.4, -0.2) is 44.3 Å². The van der Waals surface area contributed by atoms with Crippen LogP contribution in [0, 0.1) is 0 Å². The molecule has 1 aliphatic rings. The van der Waals surface area contributed by atoms with Gasteiger partial charge in [-0.2, -0.15) is 4.31 Å². The Labute approximate surface area is 130 Å². The fourth-order valence-corrected chi connectivity index (χ4v) is 3.27. The first-order valence-electron chi connectivity index (χ1n) is 6.97. The van der Waals surface area contributed by atoms with Crippen molar-refractivity contribution in [3.63, 3.8) is 0 Å². The molecule has 1 heterocycles. The standard InChI is InChI=1S/C14H20N2O5S/c1-4-10(2)16(22(3,18)19)8-14(17)15-11-5-6-12-13(7-11)21-9-20-12/h5-7,10H,4,8-9H2,1-3H3,(H,15,17). The maximum Gasteiger partial charge on any atom is 0.239 e. The number of sulfonamides is 1. The van der Waals surface area contributed by atoms with E-state index in [0.29, 0.717) is 23.6 Å². The zero-order valence-electron chi connectivity index (χ0n) is 12.8. The van der Waals surface area contributed by atoms with Crippen molar-refractivity contribution in [2.75, 3.05) is 24.9 Å². The fourth-order valence-electron chi connectivity index (χ4n) is 2.12. The van der Waals surface area contributed by atoms with E-state index < -0.39 is 15.9 Å². The SMILES string of the molecule is CCC(C)N(CC(=O)Nc1ccc2c(c1)OCO2)S(C)(=O)=O. The van der Waals surface area contributed by atoms with Crippen molar-refractivity contribution in [2.45, 2.75) is 26.3 Å². The molecule has 1 aromatic rings. The van der Waals surface area contributed by atoms with Crippen molar-refractivity contribution in [3.8, 4) is 11.5 Å². The Kier molecular flexibility index (Phi) is 4.92. The molecule has 1 amide bonds. The molecule has 1 atom stereocenters. The van der Waals surface area contributed by atoms with E-state index in [1.54, 1.807) is 25.1 Å². The van der Waals surface area contributed by atoms with Crippen LogP contribution in [0.15, 0.2) is 18.2 Å². The molecule has 1 N–H and O–H groups in total. The second-order valence-corrected chi connectivity index (χ2v) is 7.12. The van der Waals surface area contributed by atoms with Crippen LogP contribution in [0.2, 0.25) is 0 Å². The Morgan fingerprint density at radius 1 is 1.36 bits per heavy atom. The molecule has 1 unspecified atom stereocenters. The molecule has 22 heavy (non-hydrogen) atoms. The van der Waals surface area contributed by atoms with Gasteiger partial charge in [0.05, 0.1) is 12.8 Å². The first-order valence-corrected chi connectivity index (χ1v) is 8.82. The summed E-state index contributed by atoms with van der Waals surface area (Å²) >= 11 is 0. The van der Waals surface area contributed by atoms with Gasteiger partial charge in [-0.3, -0.25) is 4.79 Å². The van der Waals surface area contributed by atoms with Gasteiger partial charge in [0.2, 0.25) is 22.7 Å². The number of carbonyl (C=O) groups is 1. The van der Waals surface area contributed by atoms with Gasteiger partial charge >= 0.3 is 0 Å². The minimum Gasteiger partial charge on any atom is -0.454 e. The third kappa shape index (κ3) is 3.89. The van der Waals surface area contributed by atoms with E-state index in [9.17, 15) is 13.2 Å². The lowest BCUT2D eigenvalue weighted by Gasteiger charge is -2.25. The Morgan fingerprint density at radius 3 is 2.68 bits per heavy atom. The largest absolute Gasteiger partial charge is 0.454 e. The number of benzene rings is 1. The van der Waals surface area contributed by atoms with Crippen molar-refractivity contribution in [1.29, 1.82) is 0 Å². The lowest BCUT2D eigenvalue weighted by atomic mass is 10.2. The number of nitrogens with zero attached hydrogens (tertiary/aromatic N) is 1. The van der Waals surface area contributed by atoms with Gasteiger partial charge in [-0.05, 0) is 25.5 Å². The van der Waals surface area contributed by atoms with E-state index in [1.165, 1.54) is 4.31 Å². The molecule has 0 radical (unpaired) electrons. The highest BCUT2D eigenvalue weighted by atomic mass is 32.2. The lowest BCUT2D eigenvalue weighted by molar-refractivity contribution is -0.116. The van der Waals surface area contributed by atoms with Crippen LogP contribution in [0.5, 0.6) is 11.5 Å². The van der Waals surface area contributed by atoms with E-state index >= 15 is 0 Å². The third-order valence-corrected chi connectivity index (χ3v) is 4.81. The molecule has 0 bridgehead atoms. The maximum atomic E-state index is 12.1. The summed E-state index contributed by atoms with van der Waals surface area (Å²) in [5, 5.41) is 2.67. The Bertz CT molecular complexity index is 659. The summed E-state index contributed by atoms with van der Waals surface area (Å²) in [6, 6.07) is 4.78. The lowest BCUT2D eigenvalue weighted by Crippen LogP contribution is -2.42. The second kappa shape index (κ2) is 6.53. The van der Waals surface area contributed by atoms with Gasteiger partial charge in [0.25, 0.3) is 0 Å². The minimum atomic E-state index is -3.45. The van der Waals surface area contributed by atoms with Gasteiger partial charge < -0.3 is 14.8 Å². The quantitative estimate of drug-likeness (QED) is 0.853. The molecule has 0 aliphatic carbocycles. The number of amides is 1. The summed E-state index contributed by atoms with van der Waals surface area (Å²) < 4.78 is 35.2. The fraction of sp³-hybridized carbons (Fsp3) is 0.500. The van der Waals surface area contributed by atoms with Crippen molar-refractivity contribution in [3.05, 3.63) is 18.2 Å². The Balaban J connectivity index is 2.05. The first-order chi connectivity index (χ1) is 10.3. The van der Waals surface area contributed by atoms with Gasteiger partial charge in [-0.25, -0.2) is 8.42 Å². The van der Waals surface area contributed by atoms with Crippen LogP contribution in [0.3, 0.4) is 0 Å². The number of ether oxygens (including phenoxy) is 2. The van der Waals surface area contributed by atoms with Gasteiger partial charge in [0, 0.05) is 17.8 Å². The predicted molar refractivity (Wildman–Crippen MR) is 82.5 cm³/mol. The number of anilines is 1. The predicted octanol–water partition coefficient (Wildman–Crippen LogP) is 1.41. The summed E-state index contributed by atoms with van der Waals surface area (Å²) in [6.07, 6.45) is 1.73. The number of fused-ring (bicyclic) bond motifs is 1. The average Bonchev–Trinajstić information content (AvgIpc) is 2.90. The van der Waals surface area contributed by atoms with Crippen LogP contribution < -0.4 is 14.8 Å². The summed E-state index contributed by atoms with van der Waals surface area (Å²) in [5.74, 6) is 0.777. The zero-order valence-corrected chi connectivity index (χ0v) is 13.6. The van der Waals surface area contributed by atoms with E-state index in [-0.39, 0.29) is 19.4 Å². The summed E-state index contributed by atoms with van der Waals surface area (Å²) in [5.41, 5.74) is 0.534. The van der Waals surface area contributed by atoms with Crippen molar-refractivity contribution in [1.82, 2.24) is 4.31 Å². The second-order valence-electron chi connectivity index (χ2n) is 5.18.